The number of hydrogen-bond acceptors (Lipinski definition) is 3. The summed E-state index contributed by atoms with van der Waals surface area (Å²) < 4.78 is 37.2. The van der Waals surface area contributed by atoms with Crippen molar-refractivity contribution < 1.29 is 13.2 Å². The van der Waals surface area contributed by atoms with Crippen molar-refractivity contribution in [3.05, 3.63) is 45.9 Å². The molecule has 0 radical (unpaired) electrons. The first-order chi connectivity index (χ1) is 10.3. The summed E-state index contributed by atoms with van der Waals surface area (Å²) in [5.74, 6) is 0.221. The monoisotopic (exact) mass is 328 g/mol. The zero-order chi connectivity index (χ0) is 16.2. The summed E-state index contributed by atoms with van der Waals surface area (Å²) >= 11 is 0.972. The fourth-order valence-electron chi connectivity index (χ4n) is 1.74. The third-order valence-electron chi connectivity index (χ3n) is 2.74. The number of thiazole rings is 1. The molecule has 0 bridgehead atoms. The molecule has 0 fully saturated rings. The van der Waals surface area contributed by atoms with Gasteiger partial charge in [0, 0.05) is 24.0 Å². The number of anilines is 1. The summed E-state index contributed by atoms with van der Waals surface area (Å²) in [6.45, 7) is 2.23. The molecule has 22 heavy (non-hydrogen) atoms. The molecule has 1 aromatic heterocycles. The van der Waals surface area contributed by atoms with E-state index in [1.54, 1.807) is 0 Å². The second kappa shape index (κ2) is 6.78. The van der Waals surface area contributed by atoms with Crippen molar-refractivity contribution in [3.8, 4) is 0 Å². The minimum absolute atomic E-state index is 0.221. The summed E-state index contributed by atoms with van der Waals surface area (Å²) in [4.78, 5) is 7.62. The molecular formula is C14H15F3N4S. The van der Waals surface area contributed by atoms with E-state index >= 15 is 0 Å². The van der Waals surface area contributed by atoms with Crippen molar-refractivity contribution in [1.29, 1.82) is 0 Å². The molecule has 0 aliphatic carbocycles. The van der Waals surface area contributed by atoms with Crippen LogP contribution in [0.25, 0.3) is 0 Å². The number of halogens is 3. The number of nitrogens with two attached hydrogens (primary N) is 1. The summed E-state index contributed by atoms with van der Waals surface area (Å²) in [6.07, 6.45) is -4.08. The highest BCUT2D eigenvalue weighted by atomic mass is 32.1. The van der Waals surface area contributed by atoms with Gasteiger partial charge in [-0.3, -0.25) is 4.99 Å². The van der Waals surface area contributed by atoms with E-state index in [2.05, 4.69) is 15.3 Å². The molecule has 0 aliphatic heterocycles. The molecule has 8 heteroatoms. The largest absolute Gasteiger partial charge is 0.434 e. The Balaban J connectivity index is 1.88. The van der Waals surface area contributed by atoms with Crippen LogP contribution < -0.4 is 11.1 Å². The van der Waals surface area contributed by atoms with Gasteiger partial charge in [-0.05, 0) is 24.6 Å². The van der Waals surface area contributed by atoms with Crippen molar-refractivity contribution in [2.24, 2.45) is 10.7 Å². The van der Waals surface area contributed by atoms with Crippen LogP contribution in [0.2, 0.25) is 0 Å². The number of nitrogens with zero attached hydrogens (tertiary/aromatic N) is 2. The second-order valence-corrected chi connectivity index (χ2v) is 5.58. The van der Waals surface area contributed by atoms with Gasteiger partial charge in [0.15, 0.2) is 11.7 Å². The highest BCUT2D eigenvalue weighted by Gasteiger charge is 2.33. The third-order valence-corrected chi connectivity index (χ3v) is 3.65. The minimum atomic E-state index is -4.40. The van der Waals surface area contributed by atoms with Crippen molar-refractivity contribution in [2.75, 3.05) is 11.9 Å². The predicted molar refractivity (Wildman–Crippen MR) is 82.1 cm³/mol. The highest BCUT2D eigenvalue weighted by molar-refractivity contribution is 7.09. The van der Waals surface area contributed by atoms with Gasteiger partial charge in [0.1, 0.15) is 0 Å². The fourth-order valence-corrected chi connectivity index (χ4v) is 2.53. The summed E-state index contributed by atoms with van der Waals surface area (Å²) in [5.41, 5.74) is 6.78. The van der Waals surface area contributed by atoms with Crippen molar-refractivity contribution in [1.82, 2.24) is 4.98 Å². The summed E-state index contributed by atoms with van der Waals surface area (Å²) in [6, 6.07) is 7.61. The lowest BCUT2D eigenvalue weighted by Gasteiger charge is -2.06. The lowest BCUT2D eigenvalue weighted by molar-refractivity contribution is -0.140. The van der Waals surface area contributed by atoms with Gasteiger partial charge in [-0.2, -0.15) is 13.2 Å². The number of hydrogen-bond donors (Lipinski definition) is 2. The lowest BCUT2D eigenvalue weighted by Crippen LogP contribution is -2.23. The quantitative estimate of drug-likeness (QED) is 0.667. The Kier molecular flexibility index (Phi) is 5.02. The van der Waals surface area contributed by atoms with Gasteiger partial charge in [-0.1, -0.05) is 12.1 Å². The van der Waals surface area contributed by atoms with Gasteiger partial charge in [-0.25, -0.2) is 4.98 Å². The number of aromatic nitrogens is 1. The maximum atomic E-state index is 12.4. The van der Waals surface area contributed by atoms with Crippen LogP contribution >= 0.6 is 11.3 Å². The summed E-state index contributed by atoms with van der Waals surface area (Å²) in [7, 11) is 0. The Morgan fingerprint density at radius 3 is 2.82 bits per heavy atom. The molecule has 3 N–H and O–H groups in total. The number of nitrogens with one attached hydrogen (secondary N) is 1. The van der Waals surface area contributed by atoms with Crippen LogP contribution in [0.15, 0.2) is 34.6 Å². The van der Waals surface area contributed by atoms with E-state index in [0.29, 0.717) is 11.4 Å². The first-order valence-corrected chi connectivity index (χ1v) is 7.38. The SMILES string of the molecule is Cc1cccc(NC(N)=NCCc2nc(C(F)(F)F)cs2)c1. The number of aryl methyl sites for hydroxylation is 1. The minimum Gasteiger partial charge on any atom is -0.370 e. The number of benzene rings is 1. The van der Waals surface area contributed by atoms with Crippen LogP contribution in [0.4, 0.5) is 18.9 Å². The van der Waals surface area contributed by atoms with E-state index in [-0.39, 0.29) is 12.5 Å². The van der Waals surface area contributed by atoms with Crippen LogP contribution in [0.3, 0.4) is 0 Å². The zero-order valence-corrected chi connectivity index (χ0v) is 12.6. The van der Waals surface area contributed by atoms with Crippen LogP contribution in [-0.2, 0) is 12.6 Å². The number of guanidine groups is 1. The van der Waals surface area contributed by atoms with E-state index in [0.717, 1.165) is 28.0 Å². The third kappa shape index (κ3) is 4.73. The highest BCUT2D eigenvalue weighted by Crippen LogP contribution is 2.30. The number of aliphatic imine (C=N–C) groups is 1. The van der Waals surface area contributed by atoms with Gasteiger partial charge in [0.2, 0.25) is 0 Å². The van der Waals surface area contributed by atoms with Crippen LogP contribution in [-0.4, -0.2) is 17.5 Å². The molecule has 0 spiro atoms. The van der Waals surface area contributed by atoms with Gasteiger partial charge in [-0.15, -0.1) is 11.3 Å². The topological polar surface area (TPSA) is 63.3 Å². The predicted octanol–water partition coefficient (Wildman–Crippen LogP) is 3.44. The lowest BCUT2D eigenvalue weighted by atomic mass is 10.2. The molecule has 0 unspecified atom stereocenters. The van der Waals surface area contributed by atoms with Crippen molar-refractivity contribution in [2.45, 2.75) is 19.5 Å². The molecule has 1 aromatic carbocycles. The van der Waals surface area contributed by atoms with Crippen LogP contribution in [0.1, 0.15) is 16.3 Å². The second-order valence-electron chi connectivity index (χ2n) is 4.64. The molecule has 0 amide bonds. The number of alkyl halides is 3. The van der Waals surface area contributed by atoms with Crippen LogP contribution in [0, 0.1) is 6.92 Å². The standard InChI is InChI=1S/C14H15F3N4S/c1-9-3-2-4-10(7-9)20-13(18)19-6-5-12-21-11(8-22-12)14(15,16)17/h2-4,7-8H,5-6H2,1H3,(H3,18,19,20). The Labute approximate surface area is 129 Å². The Hall–Kier alpha value is -2.09. The van der Waals surface area contributed by atoms with E-state index in [9.17, 15) is 13.2 Å². The molecule has 0 atom stereocenters. The molecular weight excluding hydrogens is 313 g/mol. The van der Waals surface area contributed by atoms with E-state index < -0.39 is 11.9 Å². The van der Waals surface area contributed by atoms with E-state index in [1.165, 1.54) is 0 Å². The zero-order valence-electron chi connectivity index (χ0n) is 11.8. The van der Waals surface area contributed by atoms with Crippen LogP contribution in [0.5, 0.6) is 0 Å². The Morgan fingerprint density at radius 1 is 1.41 bits per heavy atom. The molecule has 0 saturated carbocycles. The molecule has 4 nitrogen and oxygen atoms in total. The smallest absolute Gasteiger partial charge is 0.370 e. The number of rotatable bonds is 4. The molecule has 118 valence electrons. The van der Waals surface area contributed by atoms with Gasteiger partial charge in [0.05, 0.1) is 5.01 Å². The first-order valence-electron chi connectivity index (χ1n) is 6.50. The molecule has 2 aromatic rings. The Morgan fingerprint density at radius 2 is 2.18 bits per heavy atom. The maximum Gasteiger partial charge on any atom is 0.434 e. The van der Waals surface area contributed by atoms with Crippen molar-refractivity contribution >= 4 is 23.0 Å². The summed E-state index contributed by atoms with van der Waals surface area (Å²) in [5, 5.41) is 4.32. The van der Waals surface area contributed by atoms with E-state index in [4.69, 9.17) is 5.73 Å². The average Bonchev–Trinajstić information content (AvgIpc) is 2.87. The Bertz CT molecular complexity index is 664. The molecule has 0 saturated heterocycles. The molecule has 0 aliphatic rings. The van der Waals surface area contributed by atoms with Gasteiger partial charge < -0.3 is 11.1 Å². The first kappa shape index (κ1) is 16.3. The average molecular weight is 328 g/mol. The normalized spacial score (nSPS) is 12.5. The fraction of sp³-hybridized carbons (Fsp3) is 0.286. The molecule has 1 heterocycles. The van der Waals surface area contributed by atoms with Gasteiger partial charge >= 0.3 is 6.18 Å². The van der Waals surface area contributed by atoms with Crippen molar-refractivity contribution in [3.63, 3.8) is 0 Å². The van der Waals surface area contributed by atoms with Gasteiger partial charge in [0.25, 0.3) is 0 Å². The maximum absolute atomic E-state index is 12.4. The van der Waals surface area contributed by atoms with E-state index in [1.807, 2.05) is 31.2 Å². The molecule has 2 rings (SSSR count).